The fourth-order valence-electron chi connectivity index (χ4n) is 4.66. The minimum atomic E-state index is 0. The molecule has 23 heavy (non-hydrogen) atoms. The second-order valence-electron chi connectivity index (χ2n) is 7.85. The second-order valence-corrected chi connectivity index (χ2v) is 7.85. The van der Waals surface area contributed by atoms with Crippen LogP contribution in [0.3, 0.4) is 0 Å². The van der Waals surface area contributed by atoms with E-state index in [2.05, 4.69) is 10.2 Å². The lowest BCUT2D eigenvalue weighted by molar-refractivity contribution is -0.123. The zero-order valence-electron chi connectivity index (χ0n) is 14.3. The molecule has 1 amide bonds. The highest BCUT2D eigenvalue weighted by Gasteiger charge is 2.28. The van der Waals surface area contributed by atoms with Gasteiger partial charge in [0.1, 0.15) is 0 Å². The highest BCUT2D eigenvalue weighted by atomic mass is 35.5. The predicted octanol–water partition coefficient (Wildman–Crippen LogP) is 2.70. The van der Waals surface area contributed by atoms with E-state index < -0.39 is 0 Å². The Labute approximate surface area is 147 Å². The van der Waals surface area contributed by atoms with Crippen molar-refractivity contribution in [3.63, 3.8) is 0 Å². The van der Waals surface area contributed by atoms with Gasteiger partial charge in [0, 0.05) is 38.1 Å². The van der Waals surface area contributed by atoms with E-state index in [1.54, 1.807) is 0 Å². The van der Waals surface area contributed by atoms with Crippen LogP contribution in [-0.2, 0) is 4.79 Å². The quantitative estimate of drug-likeness (QED) is 0.807. The summed E-state index contributed by atoms with van der Waals surface area (Å²) < 4.78 is 0. The van der Waals surface area contributed by atoms with E-state index in [1.807, 2.05) is 0 Å². The van der Waals surface area contributed by atoms with Crippen LogP contribution in [0, 0.1) is 11.8 Å². The zero-order chi connectivity index (χ0) is 15.4. The van der Waals surface area contributed by atoms with Gasteiger partial charge in [-0.2, -0.15) is 0 Å². The van der Waals surface area contributed by atoms with Crippen molar-refractivity contribution in [2.24, 2.45) is 17.6 Å². The van der Waals surface area contributed by atoms with Crippen LogP contribution in [0.15, 0.2) is 0 Å². The van der Waals surface area contributed by atoms with Crippen molar-refractivity contribution in [1.82, 2.24) is 10.2 Å². The summed E-state index contributed by atoms with van der Waals surface area (Å²) in [6.45, 7) is 3.60. The maximum absolute atomic E-state index is 12.2. The van der Waals surface area contributed by atoms with Crippen LogP contribution in [0.1, 0.15) is 64.2 Å². The lowest BCUT2D eigenvalue weighted by atomic mass is 9.98. The fraction of sp³-hybridized carbons (Fsp3) is 0.944. The Bertz CT molecular complexity index is 365. The number of rotatable bonds is 5. The van der Waals surface area contributed by atoms with E-state index in [0.29, 0.717) is 18.4 Å². The minimum absolute atomic E-state index is 0. The summed E-state index contributed by atoms with van der Waals surface area (Å²) in [4.78, 5) is 14.8. The largest absolute Gasteiger partial charge is 0.353 e. The number of nitrogens with two attached hydrogens (primary N) is 1. The van der Waals surface area contributed by atoms with Crippen LogP contribution < -0.4 is 11.1 Å². The summed E-state index contributed by atoms with van der Waals surface area (Å²) in [7, 11) is 0. The first-order chi connectivity index (χ1) is 10.7. The Morgan fingerprint density at radius 3 is 2.30 bits per heavy atom. The fourth-order valence-corrected chi connectivity index (χ4v) is 4.66. The van der Waals surface area contributed by atoms with Gasteiger partial charge in [-0.05, 0) is 50.4 Å². The van der Waals surface area contributed by atoms with Gasteiger partial charge in [0.25, 0.3) is 0 Å². The predicted molar refractivity (Wildman–Crippen MR) is 96.7 cm³/mol. The molecule has 0 aromatic rings. The van der Waals surface area contributed by atoms with Crippen LogP contribution in [0.25, 0.3) is 0 Å². The number of nitrogens with zero attached hydrogens (tertiary/aromatic N) is 1. The van der Waals surface area contributed by atoms with E-state index in [-0.39, 0.29) is 24.4 Å². The molecule has 0 aromatic heterocycles. The average molecular weight is 344 g/mol. The highest BCUT2D eigenvalue weighted by molar-refractivity contribution is 5.85. The molecule has 134 valence electrons. The minimum Gasteiger partial charge on any atom is -0.353 e. The summed E-state index contributed by atoms with van der Waals surface area (Å²) in [6, 6.07) is 0.643. The number of hydrogen-bond acceptors (Lipinski definition) is 3. The van der Waals surface area contributed by atoms with Gasteiger partial charge < -0.3 is 16.0 Å². The molecule has 0 unspecified atom stereocenters. The molecule has 1 aliphatic heterocycles. The van der Waals surface area contributed by atoms with Crippen LogP contribution in [0.2, 0.25) is 0 Å². The first-order valence-electron chi connectivity index (χ1n) is 9.48. The number of carbonyl (C=O) groups excluding carboxylic acids is 1. The van der Waals surface area contributed by atoms with Gasteiger partial charge in [-0.15, -0.1) is 12.4 Å². The van der Waals surface area contributed by atoms with E-state index in [4.69, 9.17) is 5.73 Å². The Balaban J connectivity index is 0.00000192. The smallest absolute Gasteiger partial charge is 0.220 e. The van der Waals surface area contributed by atoms with Gasteiger partial charge in [-0.25, -0.2) is 0 Å². The first kappa shape index (κ1) is 19.0. The van der Waals surface area contributed by atoms with Gasteiger partial charge in [0.15, 0.2) is 0 Å². The summed E-state index contributed by atoms with van der Waals surface area (Å²) in [5.41, 5.74) is 6.07. The van der Waals surface area contributed by atoms with Gasteiger partial charge in [-0.3, -0.25) is 4.79 Å². The Morgan fingerprint density at radius 2 is 1.70 bits per heavy atom. The molecule has 2 atom stereocenters. The van der Waals surface area contributed by atoms with E-state index in [1.165, 1.54) is 38.6 Å². The number of amides is 1. The number of hydrogen-bond donors (Lipinski definition) is 2. The van der Waals surface area contributed by atoms with E-state index in [0.717, 1.165) is 44.7 Å². The molecule has 1 heterocycles. The van der Waals surface area contributed by atoms with Gasteiger partial charge in [0.2, 0.25) is 5.91 Å². The van der Waals surface area contributed by atoms with Crippen LogP contribution in [0.4, 0.5) is 0 Å². The normalized spacial score (nSPS) is 30.3. The molecule has 5 heteroatoms. The molecular weight excluding hydrogens is 310 g/mol. The molecular formula is C18H34ClN3O. The SMILES string of the molecule is Cl.N[C@@H]1CCC[C@H]1CC(=O)NC1CCN(CC2CCCC2)CC1. The second kappa shape index (κ2) is 9.24. The third-order valence-corrected chi connectivity index (χ3v) is 6.11. The molecule has 0 radical (unpaired) electrons. The van der Waals surface area contributed by atoms with Crippen molar-refractivity contribution < 1.29 is 4.79 Å². The molecule has 0 spiro atoms. The molecule has 0 aromatic carbocycles. The summed E-state index contributed by atoms with van der Waals surface area (Å²) in [5.74, 6) is 1.59. The Hall–Kier alpha value is -0.320. The number of carbonyl (C=O) groups is 1. The van der Waals surface area contributed by atoms with Crippen molar-refractivity contribution >= 4 is 18.3 Å². The third-order valence-electron chi connectivity index (χ3n) is 6.11. The molecule has 3 N–H and O–H groups in total. The van der Waals surface area contributed by atoms with Gasteiger partial charge >= 0.3 is 0 Å². The average Bonchev–Trinajstić information content (AvgIpc) is 3.14. The molecule has 2 aliphatic carbocycles. The van der Waals surface area contributed by atoms with Crippen molar-refractivity contribution in [2.75, 3.05) is 19.6 Å². The number of likely N-dealkylation sites (tertiary alicyclic amines) is 1. The number of nitrogens with one attached hydrogen (secondary N) is 1. The Morgan fingerprint density at radius 1 is 1.00 bits per heavy atom. The Kier molecular flexibility index (Phi) is 7.64. The van der Waals surface area contributed by atoms with Crippen molar-refractivity contribution in [2.45, 2.75) is 76.3 Å². The summed E-state index contributed by atoms with van der Waals surface area (Å²) in [6.07, 6.45) is 12.0. The van der Waals surface area contributed by atoms with Gasteiger partial charge in [0.05, 0.1) is 0 Å². The zero-order valence-corrected chi connectivity index (χ0v) is 15.2. The van der Waals surface area contributed by atoms with Crippen LogP contribution in [0.5, 0.6) is 0 Å². The lowest BCUT2D eigenvalue weighted by Crippen LogP contribution is -2.46. The molecule has 4 nitrogen and oxygen atoms in total. The molecule has 0 bridgehead atoms. The lowest BCUT2D eigenvalue weighted by Gasteiger charge is -2.34. The number of piperidine rings is 1. The van der Waals surface area contributed by atoms with Crippen LogP contribution in [-0.4, -0.2) is 42.5 Å². The van der Waals surface area contributed by atoms with E-state index >= 15 is 0 Å². The molecule has 2 saturated carbocycles. The topological polar surface area (TPSA) is 58.4 Å². The van der Waals surface area contributed by atoms with Crippen molar-refractivity contribution in [3.8, 4) is 0 Å². The van der Waals surface area contributed by atoms with Crippen molar-refractivity contribution in [1.29, 1.82) is 0 Å². The third kappa shape index (κ3) is 5.61. The van der Waals surface area contributed by atoms with E-state index in [9.17, 15) is 4.79 Å². The molecule has 3 fully saturated rings. The first-order valence-corrected chi connectivity index (χ1v) is 9.48. The summed E-state index contributed by atoms with van der Waals surface area (Å²) >= 11 is 0. The van der Waals surface area contributed by atoms with Gasteiger partial charge in [-0.1, -0.05) is 19.3 Å². The molecule has 1 saturated heterocycles. The maximum atomic E-state index is 12.2. The number of halogens is 1. The van der Waals surface area contributed by atoms with Crippen molar-refractivity contribution in [3.05, 3.63) is 0 Å². The molecule has 3 aliphatic rings. The highest BCUT2D eigenvalue weighted by Crippen LogP contribution is 2.28. The standard InChI is InChI=1S/C18H33N3O.ClH/c19-17-7-3-6-15(17)12-18(22)20-16-8-10-21(11-9-16)13-14-4-1-2-5-14;/h14-17H,1-13,19H2,(H,20,22);1H/t15-,17+;/m0./s1. The monoisotopic (exact) mass is 343 g/mol. The maximum Gasteiger partial charge on any atom is 0.220 e. The van der Waals surface area contributed by atoms with Crippen LogP contribution >= 0.6 is 12.4 Å². The molecule has 3 rings (SSSR count). The summed E-state index contributed by atoms with van der Waals surface area (Å²) in [5, 5.41) is 3.26.